The van der Waals surface area contributed by atoms with Crippen LogP contribution in [0.2, 0.25) is 0 Å². The molecule has 1 fully saturated rings. The number of nitrogens with zero attached hydrogens (tertiary/aromatic N) is 3. The lowest BCUT2D eigenvalue weighted by Crippen LogP contribution is -2.21. The number of hydrogen-bond donors (Lipinski definition) is 0. The van der Waals surface area contributed by atoms with Gasteiger partial charge in [-0.3, -0.25) is 9.48 Å². The van der Waals surface area contributed by atoms with E-state index in [1.165, 1.54) is 0 Å². The molecule has 0 unspecified atom stereocenters. The van der Waals surface area contributed by atoms with E-state index < -0.39 is 15.3 Å². The second-order valence-electron chi connectivity index (χ2n) is 7.33. The van der Waals surface area contributed by atoms with Gasteiger partial charge in [0.25, 0.3) is 0 Å². The molecule has 0 N–H and O–H groups in total. The van der Waals surface area contributed by atoms with E-state index in [4.69, 9.17) is 0 Å². The normalized spacial score (nSPS) is 20.8. The molecule has 0 spiro atoms. The van der Waals surface area contributed by atoms with Crippen molar-refractivity contribution in [3.8, 4) is 6.07 Å². The molecule has 130 valence electrons. The molecule has 2 heterocycles. The second-order valence-corrected chi connectivity index (χ2v) is 9.56. The summed E-state index contributed by atoms with van der Waals surface area (Å²) in [6.45, 7) is 8.95. The standard InChI is InChI=1S/C17H23N3O3S/c1-11-15(8-13(9-18)16(21)17(3,4)5)12(2)20(19-11)14-6-7-24(22,23)10-14/h8,14H,6-7,10H2,1-5H3/b13-8+/t14-/m0/s1. The summed E-state index contributed by atoms with van der Waals surface area (Å²) < 4.78 is 25.1. The van der Waals surface area contributed by atoms with Crippen molar-refractivity contribution in [3.05, 3.63) is 22.5 Å². The van der Waals surface area contributed by atoms with Gasteiger partial charge in [-0.1, -0.05) is 20.8 Å². The zero-order valence-electron chi connectivity index (χ0n) is 14.8. The van der Waals surface area contributed by atoms with Gasteiger partial charge in [-0.25, -0.2) is 8.42 Å². The molecular weight excluding hydrogens is 326 g/mol. The Labute approximate surface area is 143 Å². The SMILES string of the molecule is Cc1nn([C@H]2CCS(=O)(=O)C2)c(C)c1/C=C(\C#N)C(=O)C(C)(C)C. The van der Waals surface area contributed by atoms with Gasteiger partial charge in [0.2, 0.25) is 0 Å². The number of carbonyl (C=O) groups excluding carboxylic acids is 1. The molecule has 1 aromatic heterocycles. The molecular formula is C17H23N3O3S. The van der Waals surface area contributed by atoms with Crippen LogP contribution in [0.5, 0.6) is 0 Å². The third-order valence-electron chi connectivity index (χ3n) is 4.27. The second kappa shape index (κ2) is 6.17. The highest BCUT2D eigenvalue weighted by Gasteiger charge is 2.32. The average molecular weight is 349 g/mol. The number of aromatic nitrogens is 2. The van der Waals surface area contributed by atoms with Crippen LogP contribution >= 0.6 is 0 Å². The van der Waals surface area contributed by atoms with Crippen LogP contribution in [0, 0.1) is 30.6 Å². The minimum Gasteiger partial charge on any atom is -0.293 e. The van der Waals surface area contributed by atoms with E-state index in [1.54, 1.807) is 38.5 Å². The molecule has 1 atom stereocenters. The Morgan fingerprint density at radius 1 is 1.38 bits per heavy atom. The summed E-state index contributed by atoms with van der Waals surface area (Å²) in [4.78, 5) is 12.4. The molecule has 0 aromatic carbocycles. The highest BCUT2D eigenvalue weighted by atomic mass is 32.2. The van der Waals surface area contributed by atoms with Crippen molar-refractivity contribution in [2.75, 3.05) is 11.5 Å². The number of carbonyl (C=O) groups is 1. The topological polar surface area (TPSA) is 92.8 Å². The molecule has 0 radical (unpaired) electrons. The van der Waals surface area contributed by atoms with Gasteiger partial charge in [0.15, 0.2) is 15.6 Å². The van der Waals surface area contributed by atoms with Crippen molar-refractivity contribution in [3.63, 3.8) is 0 Å². The smallest absolute Gasteiger partial charge is 0.178 e. The van der Waals surface area contributed by atoms with E-state index in [0.29, 0.717) is 17.7 Å². The van der Waals surface area contributed by atoms with E-state index in [2.05, 4.69) is 5.10 Å². The Morgan fingerprint density at radius 2 is 2.00 bits per heavy atom. The summed E-state index contributed by atoms with van der Waals surface area (Å²) in [5.41, 5.74) is 1.63. The molecule has 6 nitrogen and oxygen atoms in total. The number of aryl methyl sites for hydroxylation is 1. The summed E-state index contributed by atoms with van der Waals surface area (Å²) in [5.74, 6) is 0.0390. The first-order valence-corrected chi connectivity index (χ1v) is 9.71. The van der Waals surface area contributed by atoms with Gasteiger partial charge in [-0.05, 0) is 26.3 Å². The van der Waals surface area contributed by atoms with Gasteiger partial charge >= 0.3 is 0 Å². The lowest BCUT2D eigenvalue weighted by Gasteiger charge is -2.15. The van der Waals surface area contributed by atoms with Crippen LogP contribution < -0.4 is 0 Å². The maximum atomic E-state index is 12.4. The van der Waals surface area contributed by atoms with Gasteiger partial charge < -0.3 is 0 Å². The first-order chi connectivity index (χ1) is 11.0. The van der Waals surface area contributed by atoms with Gasteiger partial charge in [0.1, 0.15) is 6.07 Å². The zero-order valence-corrected chi connectivity index (χ0v) is 15.6. The Bertz CT molecular complexity index is 849. The van der Waals surface area contributed by atoms with Crippen molar-refractivity contribution in [2.45, 2.75) is 47.1 Å². The van der Waals surface area contributed by atoms with Crippen LogP contribution in [0.25, 0.3) is 6.08 Å². The number of allylic oxidation sites excluding steroid dienone is 1. The highest BCUT2D eigenvalue weighted by Crippen LogP contribution is 2.28. The summed E-state index contributed by atoms with van der Waals surface area (Å²) in [6.07, 6.45) is 2.12. The summed E-state index contributed by atoms with van der Waals surface area (Å²) in [5, 5.41) is 13.8. The molecule has 7 heteroatoms. The fraction of sp³-hybridized carbons (Fsp3) is 0.588. The average Bonchev–Trinajstić information content (AvgIpc) is 2.95. The predicted octanol–water partition coefficient (Wildman–Crippen LogP) is 2.38. The van der Waals surface area contributed by atoms with E-state index in [0.717, 1.165) is 5.69 Å². The molecule has 0 saturated carbocycles. The monoisotopic (exact) mass is 349 g/mol. The van der Waals surface area contributed by atoms with E-state index in [9.17, 15) is 18.5 Å². The molecule has 2 rings (SSSR count). The van der Waals surface area contributed by atoms with Crippen molar-refractivity contribution in [1.29, 1.82) is 5.26 Å². The predicted molar refractivity (Wildman–Crippen MR) is 92.1 cm³/mol. The third kappa shape index (κ3) is 3.59. The van der Waals surface area contributed by atoms with Crippen LogP contribution in [0.4, 0.5) is 0 Å². The van der Waals surface area contributed by atoms with Crippen LogP contribution in [-0.4, -0.2) is 35.5 Å². The molecule has 0 amide bonds. The lowest BCUT2D eigenvalue weighted by atomic mass is 9.86. The van der Waals surface area contributed by atoms with Crippen molar-refractivity contribution < 1.29 is 13.2 Å². The minimum atomic E-state index is -3.01. The van der Waals surface area contributed by atoms with Gasteiger partial charge in [-0.15, -0.1) is 0 Å². The van der Waals surface area contributed by atoms with Crippen LogP contribution in [0.1, 0.15) is 50.2 Å². The number of rotatable bonds is 3. The fourth-order valence-electron chi connectivity index (χ4n) is 2.91. The maximum absolute atomic E-state index is 12.4. The molecule has 1 saturated heterocycles. The van der Waals surface area contributed by atoms with Gasteiger partial charge in [0.05, 0.1) is 28.8 Å². The molecule has 1 aliphatic rings. The lowest BCUT2D eigenvalue weighted by molar-refractivity contribution is -0.121. The quantitative estimate of drug-likeness (QED) is 0.617. The number of ketones is 1. The summed E-state index contributed by atoms with van der Waals surface area (Å²) in [6, 6.07) is 1.80. The van der Waals surface area contributed by atoms with Gasteiger partial charge in [-0.2, -0.15) is 10.4 Å². The number of Topliss-reactive ketones (excluding diaryl/α,β-unsaturated/α-hetero) is 1. The van der Waals surface area contributed by atoms with Crippen molar-refractivity contribution in [1.82, 2.24) is 9.78 Å². The Kier molecular flexibility index (Phi) is 4.73. The molecule has 1 aliphatic heterocycles. The molecule has 0 bridgehead atoms. The van der Waals surface area contributed by atoms with Crippen LogP contribution in [0.3, 0.4) is 0 Å². The Balaban J connectivity index is 2.44. The first kappa shape index (κ1) is 18.4. The van der Waals surface area contributed by atoms with E-state index in [1.807, 2.05) is 13.0 Å². The fourth-order valence-corrected chi connectivity index (χ4v) is 4.60. The Hall–Kier alpha value is -1.94. The number of nitriles is 1. The Morgan fingerprint density at radius 3 is 2.46 bits per heavy atom. The molecule has 24 heavy (non-hydrogen) atoms. The largest absolute Gasteiger partial charge is 0.293 e. The molecule has 1 aromatic rings. The van der Waals surface area contributed by atoms with Crippen molar-refractivity contribution >= 4 is 21.7 Å². The first-order valence-electron chi connectivity index (χ1n) is 7.89. The zero-order chi connectivity index (χ0) is 18.3. The van der Waals surface area contributed by atoms with E-state index in [-0.39, 0.29) is 28.9 Å². The highest BCUT2D eigenvalue weighted by molar-refractivity contribution is 7.91. The third-order valence-corrected chi connectivity index (χ3v) is 6.02. The number of hydrogen-bond acceptors (Lipinski definition) is 5. The maximum Gasteiger partial charge on any atom is 0.178 e. The summed E-state index contributed by atoms with van der Waals surface area (Å²) in [7, 11) is -3.01. The minimum absolute atomic E-state index is 0.0874. The summed E-state index contributed by atoms with van der Waals surface area (Å²) >= 11 is 0. The van der Waals surface area contributed by atoms with Crippen LogP contribution in [0.15, 0.2) is 5.57 Å². The molecule has 0 aliphatic carbocycles. The van der Waals surface area contributed by atoms with Crippen LogP contribution in [-0.2, 0) is 14.6 Å². The van der Waals surface area contributed by atoms with Crippen molar-refractivity contribution in [2.24, 2.45) is 5.41 Å². The van der Waals surface area contributed by atoms with Gasteiger partial charge in [0, 0.05) is 16.7 Å². The van der Waals surface area contributed by atoms with E-state index >= 15 is 0 Å². The number of sulfone groups is 1.